The highest BCUT2D eigenvalue weighted by molar-refractivity contribution is 5.66. The van der Waals surface area contributed by atoms with Crippen LogP contribution in [-0.4, -0.2) is 11.1 Å². The summed E-state index contributed by atoms with van der Waals surface area (Å²) in [6, 6.07) is 0. The first-order valence-electron chi connectivity index (χ1n) is 6.57. The van der Waals surface area contributed by atoms with E-state index in [-0.39, 0.29) is 6.42 Å². The normalized spacial score (nSPS) is 11.1. The molecule has 0 saturated carbocycles. The van der Waals surface area contributed by atoms with Crippen LogP contribution in [-0.2, 0) is 9.53 Å². The van der Waals surface area contributed by atoms with E-state index < -0.39 is 5.97 Å². The molecule has 0 rings (SSSR count). The molecule has 0 fully saturated rings. The molecule has 0 aliphatic carbocycles. The minimum atomic E-state index is -0.745. The van der Waals surface area contributed by atoms with Crippen molar-refractivity contribution in [3.8, 4) is 0 Å². The molecule has 0 heterocycles. The lowest BCUT2D eigenvalue weighted by Gasteiger charge is -1.97. The quantitative estimate of drug-likeness (QED) is 0.677. The molecular formula is C15H28O3. The number of hydrogen-bond donors (Lipinski definition) is 1. The van der Waals surface area contributed by atoms with Gasteiger partial charge < -0.3 is 9.84 Å². The van der Waals surface area contributed by atoms with E-state index in [1.165, 1.54) is 0 Å². The number of hydrogen-bond acceptors (Lipinski definition) is 2. The number of carboxylic acid groups (broad SMARTS) is 1. The molecule has 18 heavy (non-hydrogen) atoms. The molecule has 0 spiro atoms. The second-order valence-electron chi connectivity index (χ2n) is 4.89. The molecule has 106 valence electrons. The predicted molar refractivity (Wildman–Crippen MR) is 76.2 cm³/mol. The molecule has 0 aliphatic heterocycles. The SMILES string of the molecule is CC(C)CC=COC=CCC(C)C.CCC(=O)O. The van der Waals surface area contributed by atoms with Crippen molar-refractivity contribution in [2.75, 3.05) is 0 Å². The topological polar surface area (TPSA) is 46.5 Å². The first-order valence-corrected chi connectivity index (χ1v) is 6.57. The first kappa shape index (κ1) is 19.1. The molecular weight excluding hydrogens is 228 g/mol. The standard InChI is InChI=1S/C12H22O.C3H6O2/c1-11(2)7-5-9-13-10-6-8-12(3)4;1-2-3(4)5/h5-6,9-12H,7-8H2,1-4H3;2H2,1H3,(H,4,5). The highest BCUT2D eigenvalue weighted by Gasteiger charge is 1.87. The molecule has 0 aliphatic rings. The summed E-state index contributed by atoms with van der Waals surface area (Å²) in [4.78, 5) is 9.37. The molecule has 0 aromatic carbocycles. The minimum Gasteiger partial charge on any atom is -0.481 e. The molecule has 0 atom stereocenters. The van der Waals surface area contributed by atoms with Crippen LogP contribution >= 0.6 is 0 Å². The van der Waals surface area contributed by atoms with Crippen LogP contribution in [0.2, 0.25) is 0 Å². The summed E-state index contributed by atoms with van der Waals surface area (Å²) in [5.41, 5.74) is 0. The van der Waals surface area contributed by atoms with Gasteiger partial charge in [0.05, 0.1) is 12.5 Å². The Morgan fingerprint density at radius 3 is 1.61 bits per heavy atom. The van der Waals surface area contributed by atoms with E-state index >= 15 is 0 Å². The molecule has 0 bridgehead atoms. The molecule has 1 N–H and O–H groups in total. The van der Waals surface area contributed by atoms with Gasteiger partial charge in [0.1, 0.15) is 0 Å². The van der Waals surface area contributed by atoms with E-state index in [0.717, 1.165) is 12.8 Å². The molecule has 3 nitrogen and oxygen atoms in total. The van der Waals surface area contributed by atoms with Gasteiger partial charge in [-0.25, -0.2) is 0 Å². The Bertz CT molecular complexity index is 222. The minimum absolute atomic E-state index is 0.222. The lowest BCUT2D eigenvalue weighted by molar-refractivity contribution is -0.136. The monoisotopic (exact) mass is 256 g/mol. The fraction of sp³-hybridized carbons (Fsp3) is 0.667. The second kappa shape index (κ2) is 13.8. The summed E-state index contributed by atoms with van der Waals surface area (Å²) < 4.78 is 5.17. The van der Waals surface area contributed by atoms with Crippen LogP contribution in [0.1, 0.15) is 53.9 Å². The zero-order valence-electron chi connectivity index (χ0n) is 12.3. The number of rotatable bonds is 7. The Labute approximate surface area is 112 Å². The molecule has 3 heteroatoms. The number of ether oxygens (including phenoxy) is 1. The largest absolute Gasteiger partial charge is 0.481 e. The third kappa shape index (κ3) is 24.1. The third-order valence-corrected chi connectivity index (χ3v) is 1.87. The van der Waals surface area contributed by atoms with Crippen LogP contribution < -0.4 is 0 Å². The van der Waals surface area contributed by atoms with Crippen molar-refractivity contribution >= 4 is 5.97 Å². The summed E-state index contributed by atoms with van der Waals surface area (Å²) in [5.74, 6) is 0.670. The average Bonchev–Trinajstić information content (AvgIpc) is 2.27. The summed E-state index contributed by atoms with van der Waals surface area (Å²) >= 11 is 0. The van der Waals surface area contributed by atoms with Gasteiger partial charge in [-0.05, 0) is 36.8 Å². The maximum absolute atomic E-state index is 9.37. The fourth-order valence-corrected chi connectivity index (χ4v) is 0.812. The van der Waals surface area contributed by atoms with Crippen molar-refractivity contribution in [1.29, 1.82) is 0 Å². The van der Waals surface area contributed by atoms with Crippen LogP contribution in [0, 0.1) is 11.8 Å². The van der Waals surface area contributed by atoms with Crippen LogP contribution in [0.15, 0.2) is 24.7 Å². The number of carboxylic acids is 1. The predicted octanol–water partition coefficient (Wildman–Crippen LogP) is 4.60. The maximum Gasteiger partial charge on any atom is 0.303 e. The molecule has 0 amide bonds. The lowest BCUT2D eigenvalue weighted by Crippen LogP contribution is -1.86. The molecule has 0 unspecified atom stereocenters. The van der Waals surface area contributed by atoms with Crippen molar-refractivity contribution < 1.29 is 14.6 Å². The fourth-order valence-electron chi connectivity index (χ4n) is 0.812. The molecule has 0 saturated heterocycles. The van der Waals surface area contributed by atoms with Gasteiger partial charge in [-0.15, -0.1) is 0 Å². The summed E-state index contributed by atoms with van der Waals surface area (Å²) in [6.45, 7) is 10.4. The van der Waals surface area contributed by atoms with Crippen LogP contribution in [0.3, 0.4) is 0 Å². The Kier molecular flexibility index (Phi) is 14.7. The highest BCUT2D eigenvalue weighted by Crippen LogP contribution is 2.01. The van der Waals surface area contributed by atoms with Gasteiger partial charge in [-0.3, -0.25) is 4.79 Å². The first-order chi connectivity index (χ1) is 8.40. The van der Waals surface area contributed by atoms with Gasteiger partial charge in [-0.2, -0.15) is 0 Å². The second-order valence-corrected chi connectivity index (χ2v) is 4.89. The summed E-state index contributed by atoms with van der Waals surface area (Å²) in [5, 5.41) is 7.72. The van der Waals surface area contributed by atoms with E-state index in [2.05, 4.69) is 39.8 Å². The maximum atomic E-state index is 9.37. The Morgan fingerprint density at radius 1 is 1.06 bits per heavy atom. The average molecular weight is 256 g/mol. The Balaban J connectivity index is 0. The molecule has 0 aromatic heterocycles. The van der Waals surface area contributed by atoms with Gasteiger partial charge in [0.25, 0.3) is 0 Å². The summed E-state index contributed by atoms with van der Waals surface area (Å²) in [6.07, 6.45) is 10.0. The van der Waals surface area contributed by atoms with Crippen molar-refractivity contribution in [3.05, 3.63) is 24.7 Å². The van der Waals surface area contributed by atoms with Gasteiger partial charge in [0.2, 0.25) is 0 Å². The van der Waals surface area contributed by atoms with Crippen LogP contribution in [0.5, 0.6) is 0 Å². The zero-order chi connectivity index (χ0) is 14.4. The van der Waals surface area contributed by atoms with E-state index in [4.69, 9.17) is 9.84 Å². The van der Waals surface area contributed by atoms with E-state index in [0.29, 0.717) is 11.8 Å². The Hall–Kier alpha value is -1.25. The van der Waals surface area contributed by atoms with Crippen molar-refractivity contribution in [3.63, 3.8) is 0 Å². The van der Waals surface area contributed by atoms with Gasteiger partial charge in [0.15, 0.2) is 0 Å². The van der Waals surface area contributed by atoms with Crippen LogP contribution in [0.25, 0.3) is 0 Å². The summed E-state index contributed by atoms with van der Waals surface area (Å²) in [7, 11) is 0. The van der Waals surface area contributed by atoms with Crippen molar-refractivity contribution in [2.24, 2.45) is 11.8 Å². The van der Waals surface area contributed by atoms with Gasteiger partial charge in [-0.1, -0.05) is 34.6 Å². The van der Waals surface area contributed by atoms with Crippen LogP contribution in [0.4, 0.5) is 0 Å². The third-order valence-electron chi connectivity index (χ3n) is 1.87. The number of aliphatic carboxylic acids is 1. The molecule has 0 radical (unpaired) electrons. The van der Waals surface area contributed by atoms with Crippen molar-refractivity contribution in [1.82, 2.24) is 0 Å². The highest BCUT2D eigenvalue weighted by atomic mass is 16.5. The van der Waals surface area contributed by atoms with E-state index in [1.807, 2.05) is 0 Å². The van der Waals surface area contributed by atoms with E-state index in [9.17, 15) is 4.79 Å². The zero-order valence-corrected chi connectivity index (χ0v) is 12.3. The van der Waals surface area contributed by atoms with Crippen molar-refractivity contribution in [2.45, 2.75) is 53.9 Å². The Morgan fingerprint density at radius 2 is 1.39 bits per heavy atom. The smallest absolute Gasteiger partial charge is 0.303 e. The lowest BCUT2D eigenvalue weighted by atomic mass is 10.1. The van der Waals surface area contributed by atoms with Gasteiger partial charge in [0, 0.05) is 6.42 Å². The molecule has 0 aromatic rings. The van der Waals surface area contributed by atoms with Gasteiger partial charge >= 0.3 is 5.97 Å². The number of allylic oxidation sites excluding steroid dienone is 2. The number of carbonyl (C=O) groups is 1. The van der Waals surface area contributed by atoms with E-state index in [1.54, 1.807) is 19.4 Å².